The number of aromatic amines is 1. The minimum Gasteiger partial charge on any atom is -0.385 e. The van der Waals surface area contributed by atoms with Crippen LogP contribution in [0.3, 0.4) is 0 Å². The van der Waals surface area contributed by atoms with Crippen molar-refractivity contribution in [2.24, 2.45) is 0 Å². The van der Waals surface area contributed by atoms with E-state index < -0.39 is 21.4 Å². The lowest BCUT2D eigenvalue weighted by atomic mass is 10.1. The molecular formula is C23H27N3O5S. The molecule has 0 saturated carbocycles. The third-order valence-electron chi connectivity index (χ3n) is 5.28. The first kappa shape index (κ1) is 23.5. The van der Waals surface area contributed by atoms with Crippen molar-refractivity contribution in [2.75, 3.05) is 31.6 Å². The largest absolute Gasteiger partial charge is 0.385 e. The number of hydrogen-bond acceptors (Lipinski definition) is 5. The fourth-order valence-electron chi connectivity index (χ4n) is 3.44. The number of ether oxygens (including phenoxy) is 1. The molecule has 3 aromatic rings. The number of nitrogens with one attached hydrogen (secondary N) is 2. The Kier molecular flexibility index (Phi) is 7.32. The number of aryl methyl sites for hydroxylation is 1. The topological polar surface area (TPSA) is 109 Å². The van der Waals surface area contributed by atoms with Gasteiger partial charge in [0.2, 0.25) is 5.43 Å². The Morgan fingerprint density at radius 2 is 1.94 bits per heavy atom. The van der Waals surface area contributed by atoms with Crippen LogP contribution in [0.4, 0.5) is 5.69 Å². The Balaban J connectivity index is 1.98. The standard InChI is InChI=1S/C23H27N3O5S/c1-4-16-8-5-6-9-21(16)26(2)32(29,30)17-10-11-20-18(14-17)22(27)19(15-25-20)23(28)24-12-7-13-31-3/h5-6,8-11,14-15H,4,7,12-13H2,1-3H3,(H,24,28)(H,25,27). The lowest BCUT2D eigenvalue weighted by molar-refractivity contribution is 0.0947. The molecule has 8 nitrogen and oxygen atoms in total. The number of methoxy groups -OCH3 is 1. The quantitative estimate of drug-likeness (QED) is 0.480. The highest BCUT2D eigenvalue weighted by Crippen LogP contribution is 2.27. The summed E-state index contributed by atoms with van der Waals surface area (Å²) in [6.07, 6.45) is 2.63. The first-order valence-electron chi connectivity index (χ1n) is 10.3. The summed E-state index contributed by atoms with van der Waals surface area (Å²) in [4.78, 5) is 28.3. The van der Waals surface area contributed by atoms with Crippen LogP contribution in [0, 0.1) is 0 Å². The number of H-pyrrole nitrogens is 1. The molecule has 0 radical (unpaired) electrons. The van der Waals surface area contributed by atoms with Gasteiger partial charge in [0.1, 0.15) is 5.56 Å². The van der Waals surface area contributed by atoms with Gasteiger partial charge in [0.25, 0.3) is 15.9 Å². The molecule has 32 heavy (non-hydrogen) atoms. The van der Waals surface area contributed by atoms with Crippen LogP contribution in [0.15, 0.2) is 58.4 Å². The number of hydrogen-bond donors (Lipinski definition) is 2. The Morgan fingerprint density at radius 1 is 1.19 bits per heavy atom. The molecule has 2 N–H and O–H groups in total. The van der Waals surface area contributed by atoms with E-state index in [-0.39, 0.29) is 15.8 Å². The Labute approximate surface area is 187 Å². The summed E-state index contributed by atoms with van der Waals surface area (Å²) >= 11 is 0. The molecule has 170 valence electrons. The molecule has 0 bridgehead atoms. The second-order valence-corrected chi connectivity index (χ2v) is 9.27. The zero-order valence-corrected chi connectivity index (χ0v) is 19.2. The summed E-state index contributed by atoms with van der Waals surface area (Å²) in [6.45, 7) is 2.81. The smallest absolute Gasteiger partial charge is 0.264 e. The molecule has 1 heterocycles. The first-order chi connectivity index (χ1) is 15.3. The van der Waals surface area contributed by atoms with Crippen molar-refractivity contribution in [3.8, 4) is 0 Å². The summed E-state index contributed by atoms with van der Waals surface area (Å²) < 4.78 is 32.8. The molecule has 0 fully saturated rings. The van der Waals surface area contributed by atoms with E-state index in [0.29, 0.717) is 37.2 Å². The predicted molar refractivity (Wildman–Crippen MR) is 125 cm³/mol. The van der Waals surface area contributed by atoms with Gasteiger partial charge in [-0.2, -0.15) is 0 Å². The number of pyridine rings is 1. The third kappa shape index (κ3) is 4.68. The van der Waals surface area contributed by atoms with Crippen molar-refractivity contribution in [3.63, 3.8) is 0 Å². The number of anilines is 1. The summed E-state index contributed by atoms with van der Waals surface area (Å²) in [6, 6.07) is 11.6. The highest BCUT2D eigenvalue weighted by atomic mass is 32.2. The van der Waals surface area contributed by atoms with E-state index in [0.717, 1.165) is 5.56 Å². The maximum absolute atomic E-state index is 13.3. The predicted octanol–water partition coefficient (Wildman–Crippen LogP) is 2.68. The number of carbonyl (C=O) groups is 1. The molecular weight excluding hydrogens is 430 g/mol. The number of aromatic nitrogens is 1. The van der Waals surface area contributed by atoms with Gasteiger partial charge >= 0.3 is 0 Å². The molecule has 1 aromatic heterocycles. The molecule has 0 spiro atoms. The fourth-order valence-corrected chi connectivity index (χ4v) is 4.71. The van der Waals surface area contributed by atoms with Gasteiger partial charge < -0.3 is 15.0 Å². The van der Waals surface area contributed by atoms with Crippen molar-refractivity contribution < 1.29 is 17.9 Å². The maximum Gasteiger partial charge on any atom is 0.264 e. The Bertz CT molecular complexity index is 1280. The van der Waals surface area contributed by atoms with Gasteiger partial charge in [-0.25, -0.2) is 8.42 Å². The van der Waals surface area contributed by atoms with Gasteiger partial charge in [0, 0.05) is 44.4 Å². The van der Waals surface area contributed by atoms with E-state index in [1.165, 1.54) is 35.7 Å². The number of para-hydroxylation sites is 1. The molecule has 2 aromatic carbocycles. The van der Waals surface area contributed by atoms with Crippen LogP contribution in [0.2, 0.25) is 0 Å². The van der Waals surface area contributed by atoms with Gasteiger partial charge in [-0.1, -0.05) is 25.1 Å². The Hall–Kier alpha value is -3.17. The number of nitrogens with zero attached hydrogens (tertiary/aromatic N) is 1. The van der Waals surface area contributed by atoms with Crippen LogP contribution in [-0.4, -0.2) is 46.6 Å². The van der Waals surface area contributed by atoms with E-state index in [4.69, 9.17) is 4.74 Å². The van der Waals surface area contributed by atoms with Crippen LogP contribution in [0.1, 0.15) is 29.3 Å². The van der Waals surface area contributed by atoms with Crippen molar-refractivity contribution in [3.05, 3.63) is 70.0 Å². The van der Waals surface area contributed by atoms with Crippen molar-refractivity contribution in [2.45, 2.75) is 24.7 Å². The van der Waals surface area contributed by atoms with Crippen LogP contribution < -0.4 is 15.1 Å². The summed E-state index contributed by atoms with van der Waals surface area (Å²) in [7, 11) is -0.863. The average Bonchev–Trinajstić information content (AvgIpc) is 2.81. The number of benzene rings is 2. The lowest BCUT2D eigenvalue weighted by Gasteiger charge is -2.22. The molecule has 0 aliphatic heterocycles. The third-order valence-corrected chi connectivity index (χ3v) is 7.05. The second-order valence-electron chi connectivity index (χ2n) is 7.30. The number of carbonyl (C=O) groups excluding carboxylic acids is 1. The zero-order chi connectivity index (χ0) is 23.3. The van der Waals surface area contributed by atoms with Crippen LogP contribution in [0.5, 0.6) is 0 Å². The number of sulfonamides is 1. The van der Waals surface area contributed by atoms with E-state index in [1.54, 1.807) is 19.2 Å². The van der Waals surface area contributed by atoms with E-state index in [2.05, 4.69) is 10.3 Å². The van der Waals surface area contributed by atoms with E-state index in [9.17, 15) is 18.0 Å². The molecule has 0 unspecified atom stereocenters. The van der Waals surface area contributed by atoms with Gasteiger partial charge in [-0.05, 0) is 42.7 Å². The average molecular weight is 458 g/mol. The van der Waals surface area contributed by atoms with Crippen molar-refractivity contribution in [1.29, 1.82) is 0 Å². The number of fused-ring (bicyclic) bond motifs is 1. The normalized spacial score (nSPS) is 11.5. The van der Waals surface area contributed by atoms with Gasteiger partial charge in [-0.15, -0.1) is 0 Å². The lowest BCUT2D eigenvalue weighted by Crippen LogP contribution is -2.30. The Morgan fingerprint density at radius 3 is 2.66 bits per heavy atom. The molecule has 0 aliphatic rings. The van der Waals surface area contributed by atoms with Crippen LogP contribution >= 0.6 is 0 Å². The number of rotatable bonds is 9. The second kappa shape index (κ2) is 9.97. The van der Waals surface area contributed by atoms with Gasteiger partial charge in [-0.3, -0.25) is 13.9 Å². The van der Waals surface area contributed by atoms with Crippen LogP contribution in [-0.2, 0) is 21.2 Å². The molecule has 1 amide bonds. The SMILES string of the molecule is CCc1ccccc1N(C)S(=O)(=O)c1ccc2[nH]cc(C(=O)NCCCOC)c(=O)c2c1. The van der Waals surface area contributed by atoms with Crippen molar-refractivity contribution >= 4 is 32.5 Å². The van der Waals surface area contributed by atoms with Crippen LogP contribution in [0.25, 0.3) is 10.9 Å². The highest BCUT2D eigenvalue weighted by molar-refractivity contribution is 7.92. The van der Waals surface area contributed by atoms with Gasteiger partial charge in [0.05, 0.1) is 10.6 Å². The van der Waals surface area contributed by atoms with Gasteiger partial charge in [0.15, 0.2) is 0 Å². The maximum atomic E-state index is 13.3. The minimum atomic E-state index is -3.92. The fraction of sp³-hybridized carbons (Fsp3) is 0.304. The molecule has 0 aliphatic carbocycles. The summed E-state index contributed by atoms with van der Waals surface area (Å²) in [5.41, 5.74) is 1.31. The molecule has 0 saturated heterocycles. The first-order valence-corrected chi connectivity index (χ1v) is 11.7. The van der Waals surface area contributed by atoms with E-state index >= 15 is 0 Å². The molecule has 9 heteroatoms. The van der Waals surface area contributed by atoms with Crippen molar-refractivity contribution in [1.82, 2.24) is 10.3 Å². The minimum absolute atomic E-state index is 0.0263. The number of amides is 1. The summed E-state index contributed by atoms with van der Waals surface area (Å²) in [5, 5.41) is 2.80. The molecule has 3 rings (SSSR count). The summed E-state index contributed by atoms with van der Waals surface area (Å²) in [5.74, 6) is -0.522. The molecule has 0 atom stereocenters. The zero-order valence-electron chi connectivity index (χ0n) is 18.3. The van der Waals surface area contributed by atoms with E-state index in [1.807, 2.05) is 19.1 Å². The highest BCUT2D eigenvalue weighted by Gasteiger charge is 2.24. The monoisotopic (exact) mass is 457 g/mol.